The van der Waals surface area contributed by atoms with Gasteiger partial charge >= 0.3 is 0 Å². The second kappa shape index (κ2) is 9.13. The SMILES string of the molecule is COc1cc(C)c(C(C)NC(=O)C(C)Sc2ccccc2)cc1C(C)C. The van der Waals surface area contributed by atoms with Gasteiger partial charge in [0.25, 0.3) is 0 Å². The van der Waals surface area contributed by atoms with Crippen molar-refractivity contribution in [3.8, 4) is 5.75 Å². The van der Waals surface area contributed by atoms with E-state index in [1.165, 1.54) is 5.56 Å². The first kappa shape index (κ1) is 20.4. The minimum atomic E-state index is -0.150. The molecule has 2 rings (SSSR count). The van der Waals surface area contributed by atoms with E-state index < -0.39 is 0 Å². The summed E-state index contributed by atoms with van der Waals surface area (Å²) in [5.41, 5.74) is 3.43. The molecule has 1 amide bonds. The van der Waals surface area contributed by atoms with Crippen molar-refractivity contribution in [1.29, 1.82) is 0 Å². The summed E-state index contributed by atoms with van der Waals surface area (Å²) in [7, 11) is 1.70. The molecule has 0 aliphatic rings. The summed E-state index contributed by atoms with van der Waals surface area (Å²) in [6.07, 6.45) is 0. The molecular weight excluding hydrogens is 342 g/mol. The third-order valence-electron chi connectivity index (χ3n) is 4.49. The van der Waals surface area contributed by atoms with Gasteiger partial charge in [-0.2, -0.15) is 0 Å². The van der Waals surface area contributed by atoms with Crippen LogP contribution in [0.4, 0.5) is 0 Å². The Morgan fingerprint density at radius 2 is 1.69 bits per heavy atom. The first-order chi connectivity index (χ1) is 12.3. The fourth-order valence-electron chi connectivity index (χ4n) is 2.98. The van der Waals surface area contributed by atoms with Crippen molar-refractivity contribution in [2.75, 3.05) is 7.11 Å². The molecule has 0 aliphatic heterocycles. The summed E-state index contributed by atoms with van der Waals surface area (Å²) in [5.74, 6) is 1.32. The third kappa shape index (κ3) is 5.04. The molecule has 0 fully saturated rings. The maximum Gasteiger partial charge on any atom is 0.233 e. The van der Waals surface area contributed by atoms with Gasteiger partial charge in [0.2, 0.25) is 5.91 Å². The van der Waals surface area contributed by atoms with Gasteiger partial charge in [-0.3, -0.25) is 4.79 Å². The summed E-state index contributed by atoms with van der Waals surface area (Å²) in [5, 5.41) is 3.01. The molecule has 2 aromatic rings. The highest BCUT2D eigenvalue weighted by atomic mass is 32.2. The molecule has 2 atom stereocenters. The number of nitrogens with one attached hydrogen (secondary N) is 1. The van der Waals surface area contributed by atoms with Gasteiger partial charge in [0.1, 0.15) is 5.75 Å². The molecule has 0 aliphatic carbocycles. The molecule has 0 bridgehead atoms. The highest BCUT2D eigenvalue weighted by molar-refractivity contribution is 8.00. The Hall–Kier alpha value is -1.94. The van der Waals surface area contributed by atoms with Crippen LogP contribution in [0.5, 0.6) is 5.75 Å². The van der Waals surface area contributed by atoms with Crippen molar-refractivity contribution in [2.24, 2.45) is 0 Å². The zero-order valence-electron chi connectivity index (χ0n) is 16.5. The molecule has 4 heteroatoms. The molecule has 1 N–H and O–H groups in total. The third-order valence-corrected chi connectivity index (χ3v) is 5.60. The first-order valence-electron chi connectivity index (χ1n) is 9.04. The molecule has 2 aromatic carbocycles. The van der Waals surface area contributed by atoms with Gasteiger partial charge in [-0.1, -0.05) is 32.0 Å². The van der Waals surface area contributed by atoms with Crippen LogP contribution in [0.15, 0.2) is 47.4 Å². The molecule has 0 saturated heterocycles. The Morgan fingerprint density at radius 3 is 2.27 bits per heavy atom. The largest absolute Gasteiger partial charge is 0.496 e. The van der Waals surface area contributed by atoms with Crippen LogP contribution in [0, 0.1) is 6.92 Å². The highest BCUT2D eigenvalue weighted by Gasteiger charge is 2.20. The number of carbonyl (C=O) groups excluding carboxylic acids is 1. The predicted octanol–water partition coefficient (Wildman–Crippen LogP) is 5.49. The van der Waals surface area contributed by atoms with Crippen LogP contribution in [-0.4, -0.2) is 18.3 Å². The number of benzene rings is 2. The van der Waals surface area contributed by atoms with Crippen LogP contribution >= 0.6 is 11.8 Å². The first-order valence-corrected chi connectivity index (χ1v) is 9.92. The van der Waals surface area contributed by atoms with E-state index in [9.17, 15) is 4.79 Å². The molecule has 140 valence electrons. The topological polar surface area (TPSA) is 38.3 Å². The van der Waals surface area contributed by atoms with Crippen molar-refractivity contribution in [3.05, 3.63) is 59.2 Å². The molecule has 0 spiro atoms. The monoisotopic (exact) mass is 371 g/mol. The normalized spacial score (nSPS) is 13.3. The molecule has 0 aromatic heterocycles. The standard InChI is InChI=1S/C22H29NO2S/c1-14(2)19-13-20(15(3)12-21(19)25-6)16(4)23-22(24)17(5)26-18-10-8-7-9-11-18/h7-14,16-17H,1-6H3,(H,23,24). The number of hydrogen-bond donors (Lipinski definition) is 1. The minimum absolute atomic E-state index is 0.0488. The fourth-order valence-corrected chi connectivity index (χ4v) is 3.87. The van der Waals surface area contributed by atoms with Crippen molar-refractivity contribution in [3.63, 3.8) is 0 Å². The molecule has 0 saturated carbocycles. The average molecular weight is 372 g/mol. The molecular formula is C22H29NO2S. The summed E-state index contributed by atoms with van der Waals surface area (Å²) in [6, 6.07) is 14.2. The molecule has 3 nitrogen and oxygen atoms in total. The van der Waals surface area contributed by atoms with Gasteiger partial charge in [0.15, 0.2) is 0 Å². The Kier molecular flexibility index (Phi) is 7.15. The second-order valence-corrected chi connectivity index (χ2v) is 8.32. The van der Waals surface area contributed by atoms with Gasteiger partial charge < -0.3 is 10.1 Å². The fraction of sp³-hybridized carbons (Fsp3) is 0.409. The maximum atomic E-state index is 12.6. The lowest BCUT2D eigenvalue weighted by molar-refractivity contribution is -0.120. The van der Waals surface area contributed by atoms with Crippen LogP contribution < -0.4 is 10.1 Å². The number of aryl methyl sites for hydroxylation is 1. The number of carbonyl (C=O) groups is 1. The Labute approximate surface area is 161 Å². The summed E-state index contributed by atoms with van der Waals surface area (Å²) in [4.78, 5) is 13.7. The van der Waals surface area contributed by atoms with Crippen molar-refractivity contribution in [1.82, 2.24) is 5.32 Å². The Balaban J connectivity index is 2.12. The van der Waals surface area contributed by atoms with Crippen LogP contribution in [0.25, 0.3) is 0 Å². The zero-order chi connectivity index (χ0) is 19.3. The molecule has 26 heavy (non-hydrogen) atoms. The van der Waals surface area contributed by atoms with Gasteiger partial charge in [-0.25, -0.2) is 0 Å². The zero-order valence-corrected chi connectivity index (χ0v) is 17.3. The number of amides is 1. The van der Waals surface area contributed by atoms with Crippen LogP contribution in [0.2, 0.25) is 0 Å². The number of thioether (sulfide) groups is 1. The smallest absolute Gasteiger partial charge is 0.233 e. The second-order valence-electron chi connectivity index (χ2n) is 6.91. The van der Waals surface area contributed by atoms with Crippen molar-refractivity contribution < 1.29 is 9.53 Å². The van der Waals surface area contributed by atoms with E-state index in [0.717, 1.165) is 21.8 Å². The van der Waals surface area contributed by atoms with Crippen LogP contribution in [0.1, 0.15) is 56.3 Å². The summed E-state index contributed by atoms with van der Waals surface area (Å²) in [6.45, 7) is 10.3. The number of methoxy groups -OCH3 is 1. The maximum absolute atomic E-state index is 12.6. The van der Waals surface area contributed by atoms with E-state index in [1.54, 1.807) is 18.9 Å². The number of ether oxygens (including phenoxy) is 1. The quantitative estimate of drug-likeness (QED) is 0.655. The molecule has 2 unspecified atom stereocenters. The molecule has 0 heterocycles. The predicted molar refractivity (Wildman–Crippen MR) is 110 cm³/mol. The summed E-state index contributed by atoms with van der Waals surface area (Å²) < 4.78 is 5.52. The van der Waals surface area contributed by atoms with Crippen LogP contribution in [0.3, 0.4) is 0 Å². The van der Waals surface area contributed by atoms with Gasteiger partial charge in [0, 0.05) is 4.90 Å². The number of rotatable bonds is 7. The van der Waals surface area contributed by atoms with E-state index in [4.69, 9.17) is 4.74 Å². The summed E-state index contributed by atoms with van der Waals surface area (Å²) >= 11 is 1.58. The van der Waals surface area contributed by atoms with Gasteiger partial charge in [-0.15, -0.1) is 11.8 Å². The Bertz CT molecular complexity index is 743. The van der Waals surface area contributed by atoms with Crippen molar-refractivity contribution >= 4 is 17.7 Å². The van der Waals surface area contributed by atoms with Crippen molar-refractivity contribution in [2.45, 2.75) is 56.7 Å². The Morgan fingerprint density at radius 1 is 1.04 bits per heavy atom. The van der Waals surface area contributed by atoms with Gasteiger partial charge in [-0.05, 0) is 67.6 Å². The lowest BCUT2D eigenvalue weighted by atomic mass is 9.93. The average Bonchev–Trinajstić information content (AvgIpc) is 2.61. The van der Waals surface area contributed by atoms with Gasteiger partial charge in [0.05, 0.1) is 18.4 Å². The van der Waals surface area contributed by atoms with E-state index in [2.05, 4.69) is 38.2 Å². The van der Waals surface area contributed by atoms with E-state index in [1.807, 2.05) is 44.2 Å². The van der Waals surface area contributed by atoms with E-state index in [0.29, 0.717) is 5.92 Å². The molecule has 0 radical (unpaired) electrons. The number of hydrogen-bond acceptors (Lipinski definition) is 3. The van der Waals surface area contributed by atoms with E-state index >= 15 is 0 Å². The minimum Gasteiger partial charge on any atom is -0.496 e. The highest BCUT2D eigenvalue weighted by Crippen LogP contribution is 2.32. The lowest BCUT2D eigenvalue weighted by Gasteiger charge is -2.22. The van der Waals surface area contributed by atoms with Crippen LogP contribution in [-0.2, 0) is 4.79 Å². The lowest BCUT2D eigenvalue weighted by Crippen LogP contribution is -2.33. The van der Waals surface area contributed by atoms with E-state index in [-0.39, 0.29) is 17.2 Å².